The molecule has 0 atom stereocenters. The van der Waals surface area contributed by atoms with E-state index < -0.39 is 0 Å². The molecule has 0 bridgehead atoms. The third-order valence-electron chi connectivity index (χ3n) is 7.79. The summed E-state index contributed by atoms with van der Waals surface area (Å²) in [4.78, 5) is 19.8. The maximum atomic E-state index is 13.2. The molecule has 0 radical (unpaired) electrons. The van der Waals surface area contributed by atoms with Crippen LogP contribution in [-0.2, 0) is 17.8 Å². The van der Waals surface area contributed by atoms with Crippen LogP contribution >= 0.6 is 0 Å². The lowest BCUT2D eigenvalue weighted by Crippen LogP contribution is -2.40. The summed E-state index contributed by atoms with van der Waals surface area (Å²) in [7, 11) is 0. The van der Waals surface area contributed by atoms with Crippen LogP contribution in [0.4, 0.5) is 0 Å². The van der Waals surface area contributed by atoms with Gasteiger partial charge in [0, 0.05) is 48.5 Å². The number of rotatable bonds is 8. The first-order valence-electron chi connectivity index (χ1n) is 13.6. The van der Waals surface area contributed by atoms with Gasteiger partial charge in [-0.2, -0.15) is 5.10 Å². The molecule has 1 aliphatic heterocycles. The highest BCUT2D eigenvalue weighted by Gasteiger charge is 2.22. The van der Waals surface area contributed by atoms with Crippen LogP contribution in [-0.4, -0.2) is 78.2 Å². The summed E-state index contributed by atoms with van der Waals surface area (Å²) >= 11 is 0. The molecule has 5 heterocycles. The zero-order chi connectivity index (χ0) is 26.2. The summed E-state index contributed by atoms with van der Waals surface area (Å²) in [5.41, 5.74) is 5.93. The quantitative estimate of drug-likeness (QED) is 0.320. The van der Waals surface area contributed by atoms with Crippen molar-refractivity contribution in [3.8, 4) is 11.3 Å². The summed E-state index contributed by atoms with van der Waals surface area (Å²) in [5, 5.41) is 20.5. The number of pyridine rings is 1. The molecule has 1 amide bonds. The predicted octanol–water partition coefficient (Wildman–Crippen LogP) is 2.88. The van der Waals surface area contributed by atoms with E-state index in [1.807, 2.05) is 29.4 Å². The highest BCUT2D eigenvalue weighted by atomic mass is 16.5. The number of nitrogens with zero attached hydrogens (tertiary/aromatic N) is 7. The largest absolute Gasteiger partial charge is 0.378 e. The normalized spacial score (nSPS) is 16.3. The van der Waals surface area contributed by atoms with Crippen LogP contribution in [0, 0.1) is 5.92 Å². The van der Waals surface area contributed by atoms with Crippen molar-refractivity contribution >= 4 is 22.5 Å². The summed E-state index contributed by atoms with van der Waals surface area (Å²) < 4.78 is 9.25. The number of hydrogen-bond donors (Lipinski definition) is 2. The van der Waals surface area contributed by atoms with Gasteiger partial charge in [0.25, 0.3) is 5.91 Å². The van der Waals surface area contributed by atoms with Crippen molar-refractivity contribution in [1.29, 1.82) is 0 Å². The number of carbonyl (C=O) groups excluding carboxylic acids is 1. The van der Waals surface area contributed by atoms with E-state index in [2.05, 4.69) is 48.6 Å². The second-order valence-corrected chi connectivity index (χ2v) is 10.5. The van der Waals surface area contributed by atoms with Crippen molar-refractivity contribution in [3.63, 3.8) is 0 Å². The first-order chi connectivity index (χ1) is 19.2. The Morgan fingerprint density at radius 3 is 2.87 bits per heavy atom. The van der Waals surface area contributed by atoms with Gasteiger partial charge in [-0.3, -0.25) is 9.89 Å². The van der Waals surface area contributed by atoms with Crippen molar-refractivity contribution in [1.82, 2.24) is 44.8 Å². The summed E-state index contributed by atoms with van der Waals surface area (Å²) in [5.74, 6) is 0.823. The van der Waals surface area contributed by atoms with Crippen molar-refractivity contribution in [2.24, 2.45) is 5.92 Å². The second-order valence-electron chi connectivity index (χ2n) is 10.5. The molecule has 1 aromatic carbocycles. The lowest BCUT2D eigenvalue weighted by atomic mass is 9.85. The van der Waals surface area contributed by atoms with Gasteiger partial charge in [0.15, 0.2) is 0 Å². The maximum Gasteiger partial charge on any atom is 0.254 e. The van der Waals surface area contributed by atoms with Crippen LogP contribution in [0.1, 0.15) is 40.9 Å². The van der Waals surface area contributed by atoms with Crippen molar-refractivity contribution in [2.45, 2.75) is 32.4 Å². The van der Waals surface area contributed by atoms with Gasteiger partial charge in [0.1, 0.15) is 11.3 Å². The minimum absolute atomic E-state index is 0.0225. The van der Waals surface area contributed by atoms with Gasteiger partial charge in [-0.25, -0.2) is 9.67 Å². The number of aromatic amines is 1. The number of benzene rings is 1. The van der Waals surface area contributed by atoms with Gasteiger partial charge in [-0.05, 0) is 49.1 Å². The molecule has 0 spiro atoms. The third kappa shape index (κ3) is 4.90. The van der Waals surface area contributed by atoms with Crippen LogP contribution in [0.2, 0.25) is 0 Å². The Bertz CT molecular complexity index is 1620. The molecule has 11 nitrogen and oxygen atoms in total. The van der Waals surface area contributed by atoms with Gasteiger partial charge >= 0.3 is 0 Å². The second kappa shape index (κ2) is 10.2. The molecule has 1 aliphatic carbocycles. The minimum atomic E-state index is -0.0225. The van der Waals surface area contributed by atoms with Crippen molar-refractivity contribution < 1.29 is 9.53 Å². The van der Waals surface area contributed by atoms with E-state index in [-0.39, 0.29) is 5.91 Å². The number of hydrogen-bond acceptors (Lipinski definition) is 7. The lowest BCUT2D eigenvalue weighted by Gasteiger charge is -2.27. The third-order valence-corrected chi connectivity index (χ3v) is 7.79. The average Bonchev–Trinajstić information content (AvgIpc) is 3.69. The van der Waals surface area contributed by atoms with E-state index in [9.17, 15) is 4.79 Å². The molecule has 2 N–H and O–H groups in total. The number of amides is 1. The number of fused-ring (bicyclic) bond motifs is 2. The van der Waals surface area contributed by atoms with E-state index in [0.29, 0.717) is 44.1 Å². The number of carbonyl (C=O) groups is 1. The zero-order valence-corrected chi connectivity index (χ0v) is 21.7. The Balaban J connectivity index is 1.09. The predicted molar refractivity (Wildman–Crippen MR) is 145 cm³/mol. The SMILES string of the molecule is O=C(c1cc(-c2cn(Cc3cn4cc(CNCC5CCC5)ccc4n3)nn2)c2cn[nH]c2c1)N1CCOCC1. The van der Waals surface area contributed by atoms with Crippen LogP contribution in [0.15, 0.2) is 49.1 Å². The molecule has 7 rings (SSSR count). The van der Waals surface area contributed by atoms with Crippen LogP contribution in [0.5, 0.6) is 0 Å². The molecular formula is C28H31N9O2. The molecular weight excluding hydrogens is 494 g/mol. The number of nitrogens with one attached hydrogen (secondary N) is 2. The fraction of sp³-hybridized carbons (Fsp3) is 0.393. The average molecular weight is 526 g/mol. The minimum Gasteiger partial charge on any atom is -0.378 e. The monoisotopic (exact) mass is 525 g/mol. The van der Waals surface area contributed by atoms with Crippen molar-refractivity contribution in [3.05, 3.63) is 65.9 Å². The zero-order valence-electron chi connectivity index (χ0n) is 21.7. The Labute approximate surface area is 225 Å². The number of H-pyrrole nitrogens is 1. The molecule has 39 heavy (non-hydrogen) atoms. The molecule has 200 valence electrons. The van der Waals surface area contributed by atoms with Crippen LogP contribution in [0.3, 0.4) is 0 Å². The summed E-state index contributed by atoms with van der Waals surface area (Å²) in [6.45, 7) is 4.73. The van der Waals surface area contributed by atoms with Gasteiger partial charge < -0.3 is 19.4 Å². The lowest BCUT2D eigenvalue weighted by molar-refractivity contribution is 0.0303. The van der Waals surface area contributed by atoms with E-state index in [1.165, 1.54) is 24.8 Å². The number of aromatic nitrogens is 7. The molecule has 1 saturated heterocycles. The van der Waals surface area contributed by atoms with Gasteiger partial charge in [-0.1, -0.05) is 17.7 Å². The maximum absolute atomic E-state index is 13.2. The van der Waals surface area contributed by atoms with Gasteiger partial charge in [0.05, 0.1) is 43.4 Å². The molecule has 2 aliphatic rings. The van der Waals surface area contributed by atoms with Gasteiger partial charge in [0.2, 0.25) is 0 Å². The van der Waals surface area contributed by atoms with Crippen LogP contribution in [0.25, 0.3) is 27.8 Å². The smallest absolute Gasteiger partial charge is 0.254 e. The first kappa shape index (κ1) is 24.0. The Morgan fingerprint density at radius 2 is 2.03 bits per heavy atom. The molecule has 11 heteroatoms. The van der Waals surface area contributed by atoms with E-state index in [4.69, 9.17) is 9.72 Å². The molecule has 5 aromatic rings. The number of ether oxygens (including phenoxy) is 1. The van der Waals surface area contributed by atoms with E-state index in [1.54, 1.807) is 10.9 Å². The van der Waals surface area contributed by atoms with E-state index >= 15 is 0 Å². The van der Waals surface area contributed by atoms with Crippen molar-refractivity contribution in [2.75, 3.05) is 32.8 Å². The summed E-state index contributed by atoms with van der Waals surface area (Å²) in [6, 6.07) is 7.93. The fourth-order valence-corrected chi connectivity index (χ4v) is 5.39. The Kier molecular flexibility index (Phi) is 6.29. The van der Waals surface area contributed by atoms with Gasteiger partial charge in [-0.15, -0.1) is 5.10 Å². The fourth-order valence-electron chi connectivity index (χ4n) is 5.39. The Hall–Kier alpha value is -4.09. The molecule has 4 aromatic heterocycles. The standard InChI is InChI=1S/C28H31N9O2/c38-28(35-6-8-39-9-7-35)21-10-23(24-14-30-32-25(24)11-21)26-18-37(34-33-26)17-22-16-36-15-20(4-5-27(36)31-22)13-29-12-19-2-1-3-19/h4-5,10-11,14-16,18-19,29H,1-3,6-9,12-13,17H2,(H,30,32). The highest BCUT2D eigenvalue weighted by molar-refractivity contribution is 6.03. The van der Waals surface area contributed by atoms with E-state index in [0.717, 1.165) is 46.8 Å². The molecule has 2 fully saturated rings. The number of imidazole rings is 1. The first-order valence-corrected chi connectivity index (χ1v) is 13.6. The highest BCUT2D eigenvalue weighted by Crippen LogP contribution is 2.29. The topological polar surface area (TPSA) is 118 Å². The Morgan fingerprint density at radius 1 is 1.13 bits per heavy atom. The van der Waals surface area contributed by atoms with Crippen LogP contribution < -0.4 is 5.32 Å². The molecule has 1 saturated carbocycles. The number of morpholine rings is 1. The summed E-state index contributed by atoms with van der Waals surface area (Å²) in [6.07, 6.45) is 11.9. The molecule has 0 unspecified atom stereocenters.